The van der Waals surface area contributed by atoms with E-state index in [1.807, 2.05) is 4.72 Å². The van der Waals surface area contributed by atoms with Gasteiger partial charge in [-0.25, -0.2) is 23.3 Å². The number of hydrogen-bond acceptors (Lipinski definition) is 7. The number of thiazole rings is 1. The number of fused-ring (bicyclic) bond motifs is 1. The van der Waals surface area contributed by atoms with Crippen LogP contribution in [0, 0.1) is 11.6 Å². The second-order valence-corrected chi connectivity index (χ2v) is 11.5. The van der Waals surface area contributed by atoms with Crippen molar-refractivity contribution in [3.05, 3.63) is 59.1 Å². The zero-order chi connectivity index (χ0) is 28.3. The third-order valence-electron chi connectivity index (χ3n) is 6.24. The van der Waals surface area contributed by atoms with Gasteiger partial charge in [0.15, 0.2) is 0 Å². The number of carbonyl (C=O) groups is 3. The Kier molecular flexibility index (Phi) is 8.42. The molecule has 1 aromatic heterocycles. The van der Waals surface area contributed by atoms with Crippen molar-refractivity contribution in [2.75, 3.05) is 38.1 Å². The number of amides is 4. The van der Waals surface area contributed by atoms with Crippen molar-refractivity contribution in [1.29, 1.82) is 0 Å². The van der Waals surface area contributed by atoms with Crippen LogP contribution in [-0.4, -0.2) is 79.7 Å². The van der Waals surface area contributed by atoms with E-state index in [0.29, 0.717) is 17.3 Å². The number of hydrogen-bond donors (Lipinski definition) is 2. The molecule has 4 rings (SSSR count). The van der Waals surface area contributed by atoms with Crippen LogP contribution in [0.5, 0.6) is 0 Å². The van der Waals surface area contributed by atoms with Crippen molar-refractivity contribution < 1.29 is 31.6 Å². The maximum atomic E-state index is 13.8. The Balaban J connectivity index is 1.52. The summed E-state index contributed by atoms with van der Waals surface area (Å²) >= 11 is 1.42. The van der Waals surface area contributed by atoms with Gasteiger partial charge >= 0.3 is 16.2 Å². The number of rotatable bonds is 7. The fourth-order valence-corrected chi connectivity index (χ4v) is 5.92. The van der Waals surface area contributed by atoms with Gasteiger partial charge in [0, 0.05) is 58.3 Å². The second kappa shape index (κ2) is 11.6. The molecule has 1 atom stereocenters. The van der Waals surface area contributed by atoms with Crippen LogP contribution in [0.3, 0.4) is 0 Å². The number of likely N-dealkylation sites (N-methyl/N-ethyl adjacent to an activating group) is 1. The fraction of sp³-hybridized carbons (Fsp3) is 0.333. The molecule has 1 fully saturated rings. The summed E-state index contributed by atoms with van der Waals surface area (Å²) in [5.74, 6) is -2.58. The summed E-state index contributed by atoms with van der Waals surface area (Å²) in [6.45, 7) is 1.67. The van der Waals surface area contributed by atoms with Crippen LogP contribution in [0.2, 0.25) is 0 Å². The van der Waals surface area contributed by atoms with Gasteiger partial charge in [0.1, 0.15) is 17.7 Å². The van der Waals surface area contributed by atoms with Crippen LogP contribution >= 0.6 is 11.3 Å². The molecule has 1 aliphatic rings. The molecule has 0 radical (unpaired) electrons. The van der Waals surface area contributed by atoms with E-state index in [2.05, 4.69) is 10.3 Å². The molecular formula is C24H26F2N6O5S2. The first-order valence-corrected chi connectivity index (χ1v) is 14.1. The molecule has 0 spiro atoms. The Bertz CT molecular complexity index is 1490. The smallest absolute Gasteiger partial charge is 0.330 e. The average Bonchev–Trinajstić information content (AvgIpc) is 3.34. The standard InChI is InChI=1S/C24H26F2N6O5S2/c1-15(33)31-5-7-32(8-6-31)39(36,37)29-24(35)28-21(11-16-9-17(25)12-18(26)10-16)23(34)30(2)19-3-4-22-20(13-19)27-14-38-22/h3-4,9-10,12-14,21H,5-8,11H2,1-2H3,(H2,28,29,35)/t21-/m0/s1. The maximum absolute atomic E-state index is 13.8. The summed E-state index contributed by atoms with van der Waals surface area (Å²) in [4.78, 5) is 44.7. The molecule has 0 bridgehead atoms. The lowest BCUT2D eigenvalue weighted by molar-refractivity contribution is -0.130. The molecule has 1 aliphatic heterocycles. The van der Waals surface area contributed by atoms with Gasteiger partial charge in [-0.15, -0.1) is 11.3 Å². The van der Waals surface area contributed by atoms with Crippen molar-refractivity contribution >= 4 is 55.3 Å². The molecule has 2 heterocycles. The highest BCUT2D eigenvalue weighted by molar-refractivity contribution is 7.87. The van der Waals surface area contributed by atoms with Crippen LogP contribution in [0.25, 0.3) is 10.2 Å². The minimum absolute atomic E-state index is 0.0189. The molecule has 2 N–H and O–H groups in total. The number of nitrogens with zero attached hydrogens (tertiary/aromatic N) is 4. The Morgan fingerprint density at radius 2 is 1.74 bits per heavy atom. The molecule has 15 heteroatoms. The molecule has 3 aromatic rings. The van der Waals surface area contributed by atoms with Gasteiger partial charge in [0.05, 0.1) is 15.7 Å². The molecule has 11 nitrogen and oxygen atoms in total. The van der Waals surface area contributed by atoms with Gasteiger partial charge in [0.2, 0.25) is 11.8 Å². The second-order valence-electron chi connectivity index (χ2n) is 8.92. The highest BCUT2D eigenvalue weighted by atomic mass is 32.2. The quantitative estimate of drug-likeness (QED) is 0.439. The summed E-state index contributed by atoms with van der Waals surface area (Å²) in [6, 6.07) is 5.28. The van der Waals surface area contributed by atoms with E-state index < -0.39 is 39.8 Å². The monoisotopic (exact) mass is 580 g/mol. The van der Waals surface area contributed by atoms with E-state index in [9.17, 15) is 31.6 Å². The van der Waals surface area contributed by atoms with Crippen LogP contribution in [0.1, 0.15) is 12.5 Å². The topological polar surface area (TPSA) is 132 Å². The Hall–Kier alpha value is -3.69. The molecule has 39 heavy (non-hydrogen) atoms. The van der Waals surface area contributed by atoms with Gasteiger partial charge in [-0.1, -0.05) is 0 Å². The van der Waals surface area contributed by atoms with Crippen LogP contribution < -0.4 is 14.9 Å². The van der Waals surface area contributed by atoms with E-state index in [1.165, 1.54) is 35.1 Å². The Morgan fingerprint density at radius 3 is 2.38 bits per heavy atom. The molecule has 4 amide bonds. The normalized spacial score (nSPS) is 15.1. The molecule has 2 aromatic carbocycles. The van der Waals surface area contributed by atoms with Gasteiger partial charge in [0.25, 0.3) is 0 Å². The first kappa shape index (κ1) is 28.3. The van der Waals surface area contributed by atoms with Gasteiger partial charge in [-0.2, -0.15) is 12.7 Å². The van der Waals surface area contributed by atoms with Crippen molar-refractivity contribution in [2.24, 2.45) is 0 Å². The van der Waals surface area contributed by atoms with Crippen molar-refractivity contribution in [1.82, 2.24) is 24.2 Å². The molecule has 0 saturated carbocycles. The third kappa shape index (κ3) is 6.85. The molecule has 0 aliphatic carbocycles. The van der Waals surface area contributed by atoms with E-state index in [-0.39, 0.29) is 44.1 Å². The van der Waals surface area contributed by atoms with Crippen molar-refractivity contribution in [3.63, 3.8) is 0 Å². The summed E-state index contributed by atoms with van der Waals surface area (Å²) in [5.41, 5.74) is 2.84. The number of benzene rings is 2. The SMILES string of the molecule is CC(=O)N1CCN(S(=O)(=O)NC(=O)N[C@@H](Cc2cc(F)cc(F)c2)C(=O)N(C)c2ccc3scnc3c2)CC1. The minimum Gasteiger partial charge on any atom is -0.340 e. The lowest BCUT2D eigenvalue weighted by atomic mass is 10.0. The summed E-state index contributed by atoms with van der Waals surface area (Å²) < 4.78 is 57.0. The first-order valence-electron chi connectivity index (χ1n) is 11.8. The Labute approximate surface area is 227 Å². The zero-order valence-corrected chi connectivity index (χ0v) is 22.7. The number of anilines is 1. The molecular weight excluding hydrogens is 554 g/mol. The van der Waals surface area contributed by atoms with Crippen molar-refractivity contribution in [3.8, 4) is 0 Å². The van der Waals surface area contributed by atoms with E-state index in [4.69, 9.17) is 0 Å². The molecule has 1 saturated heterocycles. The fourth-order valence-electron chi connectivity index (χ4n) is 4.19. The zero-order valence-electron chi connectivity index (χ0n) is 21.1. The number of piperazine rings is 1. The van der Waals surface area contributed by atoms with Crippen LogP contribution in [0.4, 0.5) is 19.3 Å². The Morgan fingerprint density at radius 1 is 1.08 bits per heavy atom. The average molecular weight is 581 g/mol. The lowest BCUT2D eigenvalue weighted by Gasteiger charge is -2.33. The number of carbonyl (C=O) groups excluding carboxylic acids is 3. The van der Waals surface area contributed by atoms with Crippen LogP contribution in [0.15, 0.2) is 41.9 Å². The lowest BCUT2D eigenvalue weighted by Crippen LogP contribution is -2.57. The van der Waals surface area contributed by atoms with E-state index in [1.54, 1.807) is 23.7 Å². The van der Waals surface area contributed by atoms with Crippen molar-refractivity contribution in [2.45, 2.75) is 19.4 Å². The van der Waals surface area contributed by atoms with E-state index >= 15 is 0 Å². The third-order valence-corrected chi connectivity index (χ3v) is 8.54. The van der Waals surface area contributed by atoms with Gasteiger partial charge in [-0.3, -0.25) is 9.59 Å². The molecule has 208 valence electrons. The number of urea groups is 1. The number of halogens is 2. The largest absolute Gasteiger partial charge is 0.340 e. The molecule has 0 unspecified atom stereocenters. The minimum atomic E-state index is -4.30. The number of aromatic nitrogens is 1. The van der Waals surface area contributed by atoms with Gasteiger partial charge in [-0.05, 0) is 35.9 Å². The first-order chi connectivity index (χ1) is 18.4. The van der Waals surface area contributed by atoms with Gasteiger partial charge < -0.3 is 15.1 Å². The summed E-state index contributed by atoms with van der Waals surface area (Å²) in [7, 11) is -2.84. The predicted molar refractivity (Wildman–Crippen MR) is 141 cm³/mol. The summed E-state index contributed by atoms with van der Waals surface area (Å²) in [6.07, 6.45) is -0.318. The highest BCUT2D eigenvalue weighted by Crippen LogP contribution is 2.24. The predicted octanol–water partition coefficient (Wildman–Crippen LogP) is 1.86. The number of nitrogens with one attached hydrogen (secondary N) is 2. The summed E-state index contributed by atoms with van der Waals surface area (Å²) in [5, 5.41) is 2.34. The maximum Gasteiger partial charge on any atom is 0.330 e. The highest BCUT2D eigenvalue weighted by Gasteiger charge is 2.31. The van der Waals surface area contributed by atoms with Crippen LogP contribution in [-0.2, 0) is 26.2 Å². The van der Waals surface area contributed by atoms with E-state index in [0.717, 1.165) is 21.1 Å².